The molecule has 3 rings (SSSR count). The first-order chi connectivity index (χ1) is 24.7. The number of halogens is 1. The minimum atomic E-state index is -1.01. The van der Waals surface area contributed by atoms with Crippen molar-refractivity contribution in [1.29, 1.82) is 0 Å². The third-order valence-electron chi connectivity index (χ3n) is 11.4. The highest BCUT2D eigenvalue weighted by atomic mass is 35.5. The zero-order valence-corrected chi connectivity index (χ0v) is 32.3. The molecule has 0 amide bonds. The van der Waals surface area contributed by atoms with Crippen LogP contribution in [-0.4, -0.2) is 58.1 Å². The van der Waals surface area contributed by atoms with Gasteiger partial charge in [0.05, 0.1) is 31.0 Å². The van der Waals surface area contributed by atoms with Crippen LogP contribution >= 0.6 is 11.6 Å². The van der Waals surface area contributed by atoms with E-state index in [9.17, 15) is 24.9 Å². The largest absolute Gasteiger partial charge is 0.494 e. The molecule has 2 fully saturated rings. The fraction of sp³-hybridized carbons (Fsp3) is 0.721. The lowest BCUT2D eigenvalue weighted by Gasteiger charge is -2.45. The standard InChI is InChI=1S/C43H67ClO7/c1-3-5-6-7-8-9-10-11-14-17-29-50-34-24-25-35(42(48)49)33(31-34)26-30-51-41(47)23-16-13-12-15-20-36-37(39(45)32-38(36)44)21-18-22-40(46)43(4-2)27-19-28-43/h12,15,18,21,24-25,31,36-40,45-46H,3-11,13-14,16-17,19-20,22-23,26-30,32H2,1-2H3,(H,48,49)/b15-12-,21-18+/t36-,37-,38-,39-,40+/m1/s1. The predicted molar refractivity (Wildman–Crippen MR) is 207 cm³/mol. The normalized spacial score (nSPS) is 22.0. The Labute approximate surface area is 313 Å². The van der Waals surface area contributed by atoms with Crippen molar-refractivity contribution in [2.24, 2.45) is 17.3 Å². The minimum Gasteiger partial charge on any atom is -0.494 e. The van der Waals surface area contributed by atoms with E-state index in [-0.39, 0.29) is 53.3 Å². The number of carbonyl (C=O) groups excluding carboxylic acids is 1. The molecule has 0 heterocycles. The molecule has 0 saturated heterocycles. The van der Waals surface area contributed by atoms with E-state index in [1.807, 2.05) is 6.08 Å². The van der Waals surface area contributed by atoms with Gasteiger partial charge in [-0.25, -0.2) is 4.79 Å². The molecule has 0 bridgehead atoms. The molecule has 0 unspecified atom stereocenters. The summed E-state index contributed by atoms with van der Waals surface area (Å²) < 4.78 is 11.4. The topological polar surface area (TPSA) is 113 Å². The number of carbonyl (C=O) groups is 2. The molecular weight excluding hydrogens is 664 g/mol. The SMILES string of the molecule is CCCCCCCCCCCCOc1ccc(C(=O)O)c(CCOC(=O)CCC/C=C\C[C@@H]2[C@@H](/C=C/C[C@H](O)C3(CC)CCC3)[C@H](O)C[C@H]2Cl)c1. The molecule has 8 heteroatoms. The molecule has 5 atom stereocenters. The Morgan fingerprint density at radius 3 is 2.31 bits per heavy atom. The van der Waals surface area contributed by atoms with Gasteiger partial charge in [0, 0.05) is 24.1 Å². The Bertz CT molecular complexity index is 1200. The van der Waals surface area contributed by atoms with Crippen LogP contribution in [0.4, 0.5) is 0 Å². The average molecular weight is 731 g/mol. The van der Waals surface area contributed by atoms with Gasteiger partial charge in [-0.15, -0.1) is 11.6 Å². The molecular formula is C43H67ClO7. The highest BCUT2D eigenvalue weighted by Gasteiger charge is 2.42. The minimum absolute atomic E-state index is 0.0308. The van der Waals surface area contributed by atoms with Crippen molar-refractivity contribution < 1.29 is 34.4 Å². The maximum absolute atomic E-state index is 12.4. The molecule has 1 aromatic carbocycles. The maximum atomic E-state index is 12.4. The van der Waals surface area contributed by atoms with Crippen molar-refractivity contribution in [1.82, 2.24) is 0 Å². The van der Waals surface area contributed by atoms with Crippen LogP contribution < -0.4 is 4.74 Å². The molecule has 1 aromatic rings. The van der Waals surface area contributed by atoms with Gasteiger partial charge in [-0.05, 0) is 92.9 Å². The number of allylic oxidation sites excluding steroid dienone is 2. The molecule has 0 aliphatic heterocycles. The van der Waals surface area contributed by atoms with Crippen molar-refractivity contribution in [2.75, 3.05) is 13.2 Å². The molecule has 0 radical (unpaired) electrons. The van der Waals surface area contributed by atoms with Crippen LogP contribution in [0.25, 0.3) is 0 Å². The first-order valence-electron chi connectivity index (χ1n) is 20.2. The fourth-order valence-corrected chi connectivity index (χ4v) is 8.22. The van der Waals surface area contributed by atoms with Crippen LogP contribution in [-0.2, 0) is 16.0 Å². The van der Waals surface area contributed by atoms with Crippen molar-refractivity contribution in [2.45, 2.75) is 166 Å². The van der Waals surface area contributed by atoms with Crippen LogP contribution in [0, 0.1) is 17.3 Å². The Morgan fingerprint density at radius 1 is 0.961 bits per heavy atom. The predicted octanol–water partition coefficient (Wildman–Crippen LogP) is 10.4. The molecule has 3 N–H and O–H groups in total. The van der Waals surface area contributed by atoms with Gasteiger partial charge >= 0.3 is 11.9 Å². The van der Waals surface area contributed by atoms with Crippen molar-refractivity contribution in [3.05, 3.63) is 53.6 Å². The molecule has 2 saturated carbocycles. The van der Waals surface area contributed by atoms with E-state index in [0.29, 0.717) is 43.6 Å². The summed E-state index contributed by atoms with van der Waals surface area (Å²) in [5.74, 6) is -0.567. The lowest BCUT2D eigenvalue weighted by atomic mass is 9.63. The zero-order valence-electron chi connectivity index (χ0n) is 31.5. The second-order valence-corrected chi connectivity index (χ2v) is 15.6. The first kappa shape index (κ1) is 43.1. The van der Waals surface area contributed by atoms with Gasteiger partial charge in [-0.1, -0.05) is 102 Å². The summed E-state index contributed by atoms with van der Waals surface area (Å²) >= 11 is 6.63. The van der Waals surface area contributed by atoms with E-state index in [4.69, 9.17) is 21.1 Å². The summed E-state index contributed by atoms with van der Waals surface area (Å²) in [5, 5.41) is 30.9. The summed E-state index contributed by atoms with van der Waals surface area (Å²) in [6, 6.07) is 5.03. The number of aliphatic hydroxyl groups excluding tert-OH is 2. The molecule has 0 aromatic heterocycles. The van der Waals surface area contributed by atoms with Crippen LogP contribution in [0.1, 0.15) is 158 Å². The second kappa shape index (κ2) is 24.1. The number of esters is 1. The van der Waals surface area contributed by atoms with Crippen LogP contribution in [0.3, 0.4) is 0 Å². The molecule has 51 heavy (non-hydrogen) atoms. The van der Waals surface area contributed by atoms with Crippen molar-refractivity contribution in [3.63, 3.8) is 0 Å². The number of ether oxygens (including phenoxy) is 2. The molecule has 2 aliphatic carbocycles. The summed E-state index contributed by atoms with van der Waals surface area (Å²) in [4.78, 5) is 24.2. The van der Waals surface area contributed by atoms with E-state index in [1.165, 1.54) is 57.8 Å². The Balaban J connectivity index is 1.31. The van der Waals surface area contributed by atoms with E-state index in [0.717, 1.165) is 44.9 Å². The quantitative estimate of drug-likeness (QED) is 0.0357. The average Bonchev–Trinajstić information content (AvgIpc) is 3.35. The van der Waals surface area contributed by atoms with E-state index >= 15 is 0 Å². The van der Waals surface area contributed by atoms with E-state index < -0.39 is 12.1 Å². The number of carboxylic acid groups (broad SMARTS) is 1. The van der Waals surface area contributed by atoms with E-state index in [1.54, 1.807) is 18.2 Å². The maximum Gasteiger partial charge on any atom is 0.335 e. The van der Waals surface area contributed by atoms with Gasteiger partial charge in [-0.2, -0.15) is 0 Å². The number of hydrogen-bond acceptors (Lipinski definition) is 6. The fourth-order valence-electron chi connectivity index (χ4n) is 7.77. The number of benzene rings is 1. The van der Waals surface area contributed by atoms with Gasteiger partial charge < -0.3 is 24.8 Å². The summed E-state index contributed by atoms with van der Waals surface area (Å²) in [7, 11) is 0. The highest BCUT2D eigenvalue weighted by Crippen LogP contribution is 2.48. The monoisotopic (exact) mass is 730 g/mol. The summed E-state index contributed by atoms with van der Waals surface area (Å²) in [5.41, 5.74) is 0.866. The van der Waals surface area contributed by atoms with Crippen molar-refractivity contribution >= 4 is 23.5 Å². The molecule has 2 aliphatic rings. The van der Waals surface area contributed by atoms with Crippen molar-refractivity contribution in [3.8, 4) is 5.75 Å². The van der Waals surface area contributed by atoms with E-state index in [2.05, 4.69) is 32.1 Å². The number of hydrogen-bond donors (Lipinski definition) is 3. The van der Waals surface area contributed by atoms with Gasteiger partial charge in [0.2, 0.25) is 0 Å². The van der Waals surface area contributed by atoms with Crippen LogP contribution in [0.15, 0.2) is 42.5 Å². The van der Waals surface area contributed by atoms with Gasteiger partial charge in [0.15, 0.2) is 0 Å². The Kier molecular flexibility index (Phi) is 20.3. The number of aliphatic hydroxyl groups is 2. The molecule has 288 valence electrons. The number of alkyl halides is 1. The third-order valence-corrected chi connectivity index (χ3v) is 11.9. The number of aromatic carboxylic acids is 1. The lowest BCUT2D eigenvalue weighted by Crippen LogP contribution is -2.40. The van der Waals surface area contributed by atoms with Gasteiger partial charge in [0.1, 0.15) is 5.75 Å². The second-order valence-electron chi connectivity index (χ2n) is 15.0. The lowest BCUT2D eigenvalue weighted by molar-refractivity contribution is -0.143. The highest BCUT2D eigenvalue weighted by molar-refractivity contribution is 6.21. The Morgan fingerprint density at radius 2 is 1.67 bits per heavy atom. The van der Waals surface area contributed by atoms with Gasteiger partial charge in [-0.3, -0.25) is 4.79 Å². The first-order valence-corrected chi connectivity index (χ1v) is 20.6. The van der Waals surface area contributed by atoms with Crippen LogP contribution in [0.2, 0.25) is 0 Å². The number of carboxylic acids is 1. The molecule has 0 spiro atoms. The Hall–Kier alpha value is -2.35. The smallest absolute Gasteiger partial charge is 0.335 e. The molecule has 7 nitrogen and oxygen atoms in total. The number of unbranched alkanes of at least 4 members (excludes halogenated alkanes) is 10. The summed E-state index contributed by atoms with van der Waals surface area (Å²) in [6.07, 6.45) is 28.3. The zero-order chi connectivity index (χ0) is 36.9. The van der Waals surface area contributed by atoms with Crippen LogP contribution in [0.5, 0.6) is 5.75 Å². The number of rotatable bonds is 27. The summed E-state index contributed by atoms with van der Waals surface area (Å²) in [6.45, 7) is 5.12. The van der Waals surface area contributed by atoms with Gasteiger partial charge in [0.25, 0.3) is 0 Å². The third kappa shape index (κ3) is 14.9.